The quantitative estimate of drug-likeness (QED) is 0.529. The van der Waals surface area contributed by atoms with E-state index in [0.717, 1.165) is 36.8 Å². The van der Waals surface area contributed by atoms with Gasteiger partial charge in [0.1, 0.15) is 16.8 Å². The maximum Gasteiger partial charge on any atom is 0.262 e. The number of hydrogen-bond donors (Lipinski definition) is 1. The molecule has 1 aromatic carbocycles. The van der Waals surface area contributed by atoms with Crippen LogP contribution in [-0.2, 0) is 17.6 Å². The van der Waals surface area contributed by atoms with Crippen molar-refractivity contribution in [2.45, 2.75) is 46.5 Å². The number of carbonyl (C=O) groups is 1. The van der Waals surface area contributed by atoms with E-state index in [1.807, 2.05) is 0 Å². The molecule has 0 spiro atoms. The zero-order valence-electron chi connectivity index (χ0n) is 18.5. The second kappa shape index (κ2) is 9.13. The molecule has 1 unspecified atom stereocenters. The van der Waals surface area contributed by atoms with Gasteiger partial charge in [0.15, 0.2) is 6.61 Å². The summed E-state index contributed by atoms with van der Waals surface area (Å²) >= 11 is 1.53. The Kier molecular flexibility index (Phi) is 6.28. The summed E-state index contributed by atoms with van der Waals surface area (Å²) in [6.07, 6.45) is 5.33. The van der Waals surface area contributed by atoms with E-state index in [4.69, 9.17) is 9.15 Å². The van der Waals surface area contributed by atoms with E-state index >= 15 is 0 Å². The van der Waals surface area contributed by atoms with Gasteiger partial charge in [0, 0.05) is 10.4 Å². The third-order valence-corrected chi connectivity index (χ3v) is 7.65. The molecular formula is C24H26N4O3S. The Morgan fingerprint density at radius 2 is 2.16 bits per heavy atom. The van der Waals surface area contributed by atoms with Gasteiger partial charge in [-0.05, 0) is 60.4 Å². The van der Waals surface area contributed by atoms with Gasteiger partial charge in [0.2, 0.25) is 12.3 Å². The molecule has 2 heterocycles. The fourth-order valence-corrected chi connectivity index (χ4v) is 5.35. The van der Waals surface area contributed by atoms with E-state index in [-0.39, 0.29) is 17.9 Å². The normalized spacial score (nSPS) is 15.6. The lowest BCUT2D eigenvalue weighted by Gasteiger charge is -2.36. The van der Waals surface area contributed by atoms with Crippen LogP contribution in [0.15, 0.2) is 35.1 Å². The Morgan fingerprint density at radius 3 is 2.81 bits per heavy atom. The van der Waals surface area contributed by atoms with Gasteiger partial charge < -0.3 is 14.5 Å². The molecule has 1 atom stereocenters. The van der Waals surface area contributed by atoms with E-state index in [1.54, 1.807) is 24.3 Å². The van der Waals surface area contributed by atoms with Gasteiger partial charge in [-0.1, -0.05) is 27.2 Å². The van der Waals surface area contributed by atoms with Crippen LogP contribution in [0.25, 0.3) is 11.5 Å². The molecule has 0 radical (unpaired) electrons. The first kappa shape index (κ1) is 22.0. The number of aromatic nitrogens is 2. The van der Waals surface area contributed by atoms with Crippen molar-refractivity contribution in [1.82, 2.24) is 10.2 Å². The van der Waals surface area contributed by atoms with Gasteiger partial charge in [0.25, 0.3) is 5.91 Å². The SMILES string of the molecule is CCC(C)(C)C1CCc2c(sc(NC(=O)COc3ccc(-c4nnco4)cc3)c2C#N)C1. The molecule has 1 aliphatic carbocycles. The molecule has 1 N–H and O–H groups in total. The molecule has 8 heteroatoms. The highest BCUT2D eigenvalue weighted by atomic mass is 32.1. The third-order valence-electron chi connectivity index (χ3n) is 6.48. The average molecular weight is 451 g/mol. The molecule has 0 bridgehead atoms. The summed E-state index contributed by atoms with van der Waals surface area (Å²) in [5.41, 5.74) is 2.75. The minimum absolute atomic E-state index is 0.140. The number of nitriles is 1. The van der Waals surface area contributed by atoms with Gasteiger partial charge in [-0.2, -0.15) is 5.26 Å². The van der Waals surface area contributed by atoms with E-state index in [0.29, 0.717) is 28.1 Å². The maximum absolute atomic E-state index is 12.5. The Bertz CT molecular complexity index is 1130. The number of benzene rings is 1. The number of hydrogen-bond acceptors (Lipinski definition) is 7. The van der Waals surface area contributed by atoms with Crippen LogP contribution in [-0.4, -0.2) is 22.7 Å². The lowest BCUT2D eigenvalue weighted by Crippen LogP contribution is -2.28. The summed E-state index contributed by atoms with van der Waals surface area (Å²) in [5, 5.41) is 20.8. The van der Waals surface area contributed by atoms with Crippen LogP contribution in [0.3, 0.4) is 0 Å². The lowest BCUT2D eigenvalue weighted by molar-refractivity contribution is -0.118. The fourth-order valence-electron chi connectivity index (χ4n) is 4.05. The summed E-state index contributed by atoms with van der Waals surface area (Å²) in [4.78, 5) is 13.7. The van der Waals surface area contributed by atoms with E-state index in [9.17, 15) is 10.1 Å². The molecule has 7 nitrogen and oxygen atoms in total. The number of amides is 1. The highest BCUT2D eigenvalue weighted by Crippen LogP contribution is 2.45. The van der Waals surface area contributed by atoms with Crippen molar-refractivity contribution in [1.29, 1.82) is 5.26 Å². The molecule has 32 heavy (non-hydrogen) atoms. The number of fused-ring (bicyclic) bond motifs is 1. The standard InChI is InChI=1S/C24H26N4O3S/c1-4-24(2,3)16-7-10-18-19(12-25)23(32-20(18)11-16)27-21(29)13-30-17-8-5-15(6-9-17)22-28-26-14-31-22/h5-6,8-9,14,16H,4,7,10-11,13H2,1-3H3,(H,27,29). The first-order valence-electron chi connectivity index (χ1n) is 10.7. The smallest absolute Gasteiger partial charge is 0.262 e. The molecule has 4 rings (SSSR count). The molecule has 0 saturated carbocycles. The van der Waals surface area contributed by atoms with Crippen molar-refractivity contribution in [3.8, 4) is 23.3 Å². The van der Waals surface area contributed by atoms with Crippen molar-refractivity contribution in [3.05, 3.63) is 46.7 Å². The lowest BCUT2D eigenvalue weighted by atomic mass is 9.69. The van der Waals surface area contributed by atoms with Crippen LogP contribution in [0.4, 0.5) is 5.00 Å². The zero-order chi connectivity index (χ0) is 22.7. The second-order valence-electron chi connectivity index (χ2n) is 8.71. The van der Waals surface area contributed by atoms with Crippen molar-refractivity contribution < 1.29 is 13.9 Å². The number of anilines is 1. The maximum atomic E-state index is 12.5. The molecular weight excluding hydrogens is 424 g/mol. The van der Waals surface area contributed by atoms with Crippen molar-refractivity contribution in [2.24, 2.45) is 11.3 Å². The molecule has 2 aromatic heterocycles. The molecule has 1 amide bonds. The first-order chi connectivity index (χ1) is 15.4. The van der Waals surface area contributed by atoms with E-state index in [1.165, 1.54) is 22.6 Å². The second-order valence-corrected chi connectivity index (χ2v) is 9.81. The van der Waals surface area contributed by atoms with Gasteiger partial charge in [-0.25, -0.2) is 0 Å². The predicted octanol–water partition coefficient (Wildman–Crippen LogP) is 5.23. The number of ether oxygens (including phenoxy) is 1. The van der Waals surface area contributed by atoms with Crippen molar-refractivity contribution in [3.63, 3.8) is 0 Å². The monoisotopic (exact) mass is 450 g/mol. The van der Waals surface area contributed by atoms with Gasteiger partial charge >= 0.3 is 0 Å². The number of nitrogens with one attached hydrogen (secondary N) is 1. The summed E-state index contributed by atoms with van der Waals surface area (Å²) in [6, 6.07) is 9.37. The Labute approximate surface area is 191 Å². The van der Waals surface area contributed by atoms with Crippen LogP contribution in [0.2, 0.25) is 0 Å². The first-order valence-corrected chi connectivity index (χ1v) is 11.6. The van der Waals surface area contributed by atoms with Crippen molar-refractivity contribution in [2.75, 3.05) is 11.9 Å². The third kappa shape index (κ3) is 4.53. The molecule has 0 fully saturated rings. The highest BCUT2D eigenvalue weighted by Gasteiger charge is 2.34. The summed E-state index contributed by atoms with van der Waals surface area (Å²) < 4.78 is 10.8. The van der Waals surface area contributed by atoms with Gasteiger partial charge in [-0.15, -0.1) is 21.5 Å². The van der Waals surface area contributed by atoms with Gasteiger partial charge in [-0.3, -0.25) is 4.79 Å². The fraction of sp³-hybridized carbons (Fsp3) is 0.417. The zero-order valence-corrected chi connectivity index (χ0v) is 19.3. The van der Waals surface area contributed by atoms with Crippen LogP contribution in [0, 0.1) is 22.7 Å². The van der Waals surface area contributed by atoms with Crippen molar-refractivity contribution >= 4 is 22.2 Å². The Hall–Kier alpha value is -3.18. The Balaban J connectivity index is 1.39. The topological polar surface area (TPSA) is 101 Å². The van der Waals surface area contributed by atoms with Crippen LogP contribution < -0.4 is 10.1 Å². The number of carbonyl (C=O) groups excluding carboxylic acids is 1. The summed E-state index contributed by atoms with van der Waals surface area (Å²) in [5.74, 6) is 1.28. The largest absolute Gasteiger partial charge is 0.484 e. The van der Waals surface area contributed by atoms with Crippen LogP contribution in [0.5, 0.6) is 5.75 Å². The van der Waals surface area contributed by atoms with Crippen LogP contribution in [0.1, 0.15) is 49.6 Å². The summed E-state index contributed by atoms with van der Waals surface area (Å²) in [6.45, 7) is 6.72. The number of nitrogens with zero attached hydrogens (tertiary/aromatic N) is 3. The minimum Gasteiger partial charge on any atom is -0.484 e. The predicted molar refractivity (Wildman–Crippen MR) is 122 cm³/mol. The molecule has 166 valence electrons. The highest BCUT2D eigenvalue weighted by molar-refractivity contribution is 7.16. The molecule has 0 aliphatic heterocycles. The molecule has 3 aromatic rings. The summed E-state index contributed by atoms with van der Waals surface area (Å²) in [7, 11) is 0. The van der Waals surface area contributed by atoms with E-state index < -0.39 is 0 Å². The average Bonchev–Trinajstić information content (AvgIpc) is 3.45. The number of rotatable bonds is 7. The van der Waals surface area contributed by atoms with Gasteiger partial charge in [0.05, 0.1) is 5.56 Å². The van der Waals surface area contributed by atoms with Crippen LogP contribution >= 0.6 is 11.3 Å². The number of thiophene rings is 1. The molecule has 1 aliphatic rings. The minimum atomic E-state index is -0.286. The van der Waals surface area contributed by atoms with E-state index in [2.05, 4.69) is 42.4 Å². The molecule has 0 saturated heterocycles. The Morgan fingerprint density at radius 1 is 1.38 bits per heavy atom.